The molecule has 7 heteroatoms. The van der Waals surface area contributed by atoms with E-state index in [1.807, 2.05) is 35.9 Å². The Hall–Kier alpha value is -2.41. The van der Waals surface area contributed by atoms with Crippen LogP contribution in [0.15, 0.2) is 28.9 Å². The van der Waals surface area contributed by atoms with E-state index in [1.54, 1.807) is 0 Å². The van der Waals surface area contributed by atoms with Gasteiger partial charge in [-0.1, -0.05) is 11.2 Å². The van der Waals surface area contributed by atoms with Gasteiger partial charge in [-0.2, -0.15) is 0 Å². The standard InChI is InChI=1S/C14H17N5O2/c1-3-20-9-13-17-18-14(21-13)16-7-11-6-15-12-5-4-10(2)8-19(11)12/h4-6,8H,3,7,9H2,1-2H3,(H,16,18). The van der Waals surface area contributed by atoms with Crippen LogP contribution in [0.5, 0.6) is 0 Å². The Balaban J connectivity index is 1.68. The second-order valence-electron chi connectivity index (χ2n) is 4.68. The number of fused-ring (bicyclic) bond motifs is 1. The molecule has 1 N–H and O–H groups in total. The lowest BCUT2D eigenvalue weighted by Crippen LogP contribution is -2.03. The maximum absolute atomic E-state index is 5.43. The molecule has 0 saturated heterocycles. The van der Waals surface area contributed by atoms with Crippen LogP contribution in [0.3, 0.4) is 0 Å². The second-order valence-corrected chi connectivity index (χ2v) is 4.68. The zero-order valence-corrected chi connectivity index (χ0v) is 12.0. The number of ether oxygens (including phenoxy) is 1. The Morgan fingerprint density at radius 3 is 3.10 bits per heavy atom. The zero-order valence-electron chi connectivity index (χ0n) is 12.0. The lowest BCUT2D eigenvalue weighted by Gasteiger charge is -2.03. The molecule has 7 nitrogen and oxygen atoms in total. The average molecular weight is 287 g/mol. The molecule has 0 unspecified atom stereocenters. The minimum absolute atomic E-state index is 0.333. The summed E-state index contributed by atoms with van der Waals surface area (Å²) >= 11 is 0. The third-order valence-corrected chi connectivity index (χ3v) is 3.05. The topological polar surface area (TPSA) is 77.5 Å². The maximum Gasteiger partial charge on any atom is 0.315 e. The van der Waals surface area contributed by atoms with Gasteiger partial charge in [-0.05, 0) is 25.5 Å². The summed E-state index contributed by atoms with van der Waals surface area (Å²) in [6.07, 6.45) is 3.88. The minimum atomic E-state index is 0.333. The van der Waals surface area contributed by atoms with Gasteiger partial charge in [0.05, 0.1) is 18.4 Å². The predicted octanol–water partition coefficient (Wildman–Crippen LogP) is 2.17. The van der Waals surface area contributed by atoms with Crippen molar-refractivity contribution in [1.82, 2.24) is 19.6 Å². The Kier molecular flexibility index (Phi) is 3.83. The summed E-state index contributed by atoms with van der Waals surface area (Å²) < 4.78 is 12.7. The van der Waals surface area contributed by atoms with Gasteiger partial charge in [0.15, 0.2) is 0 Å². The van der Waals surface area contributed by atoms with Crippen LogP contribution in [-0.4, -0.2) is 26.2 Å². The largest absolute Gasteiger partial charge is 0.406 e. The van der Waals surface area contributed by atoms with Crippen molar-refractivity contribution in [2.45, 2.75) is 27.0 Å². The van der Waals surface area contributed by atoms with Gasteiger partial charge in [0.1, 0.15) is 12.3 Å². The quantitative estimate of drug-likeness (QED) is 0.748. The number of nitrogens with one attached hydrogen (secondary N) is 1. The van der Waals surface area contributed by atoms with Crippen molar-refractivity contribution in [3.05, 3.63) is 41.7 Å². The molecular weight excluding hydrogens is 270 g/mol. The maximum atomic E-state index is 5.43. The van der Waals surface area contributed by atoms with Gasteiger partial charge in [-0.25, -0.2) is 4.98 Å². The molecule has 3 aromatic rings. The fourth-order valence-corrected chi connectivity index (χ4v) is 2.01. The highest BCUT2D eigenvalue weighted by Crippen LogP contribution is 2.12. The SMILES string of the molecule is CCOCc1nnc(NCc2cnc3ccc(C)cn23)o1. The summed E-state index contributed by atoms with van der Waals surface area (Å²) in [5.74, 6) is 0.466. The summed E-state index contributed by atoms with van der Waals surface area (Å²) in [4.78, 5) is 4.35. The number of rotatable bonds is 6. The zero-order chi connectivity index (χ0) is 14.7. The number of hydrogen-bond donors (Lipinski definition) is 1. The number of pyridine rings is 1. The van der Waals surface area contributed by atoms with Crippen molar-refractivity contribution in [2.24, 2.45) is 0 Å². The van der Waals surface area contributed by atoms with Crippen LogP contribution >= 0.6 is 0 Å². The highest BCUT2D eigenvalue weighted by molar-refractivity contribution is 5.42. The molecule has 0 aromatic carbocycles. The van der Waals surface area contributed by atoms with E-state index in [9.17, 15) is 0 Å². The van der Waals surface area contributed by atoms with Crippen molar-refractivity contribution in [2.75, 3.05) is 11.9 Å². The molecule has 0 saturated carbocycles. The first kappa shape index (κ1) is 13.6. The molecule has 3 aromatic heterocycles. The molecule has 0 bridgehead atoms. The highest BCUT2D eigenvalue weighted by Gasteiger charge is 2.07. The van der Waals surface area contributed by atoms with Crippen LogP contribution in [0.25, 0.3) is 5.65 Å². The Bertz CT molecular complexity index is 734. The fourth-order valence-electron chi connectivity index (χ4n) is 2.01. The van der Waals surface area contributed by atoms with Gasteiger partial charge < -0.3 is 18.9 Å². The molecule has 0 aliphatic rings. The number of hydrogen-bond acceptors (Lipinski definition) is 6. The Labute approximate surface area is 122 Å². The van der Waals surface area contributed by atoms with E-state index in [-0.39, 0.29) is 0 Å². The molecule has 21 heavy (non-hydrogen) atoms. The van der Waals surface area contributed by atoms with Gasteiger partial charge in [0, 0.05) is 12.8 Å². The molecule has 0 spiro atoms. The van der Waals surface area contributed by atoms with Crippen LogP contribution in [-0.2, 0) is 17.9 Å². The average Bonchev–Trinajstić information content (AvgIpc) is 3.09. The van der Waals surface area contributed by atoms with E-state index in [0.29, 0.717) is 31.7 Å². The summed E-state index contributed by atoms with van der Waals surface area (Å²) in [6.45, 7) is 5.48. The molecule has 110 valence electrons. The van der Waals surface area contributed by atoms with E-state index in [0.717, 1.165) is 11.3 Å². The summed E-state index contributed by atoms with van der Waals surface area (Å²) in [5, 5.41) is 10.9. The molecule has 0 radical (unpaired) electrons. The predicted molar refractivity (Wildman–Crippen MR) is 76.9 cm³/mol. The number of aromatic nitrogens is 4. The van der Waals surface area contributed by atoms with E-state index < -0.39 is 0 Å². The summed E-state index contributed by atoms with van der Waals surface area (Å²) in [6, 6.07) is 4.41. The molecule has 3 heterocycles. The highest BCUT2D eigenvalue weighted by atomic mass is 16.5. The minimum Gasteiger partial charge on any atom is -0.406 e. The second kappa shape index (κ2) is 5.92. The van der Waals surface area contributed by atoms with Crippen molar-refractivity contribution in [3.63, 3.8) is 0 Å². The van der Waals surface area contributed by atoms with Crippen molar-refractivity contribution in [3.8, 4) is 0 Å². The molecule has 0 aliphatic heterocycles. The van der Waals surface area contributed by atoms with Crippen LogP contribution in [0.2, 0.25) is 0 Å². The van der Waals surface area contributed by atoms with Crippen LogP contribution in [0.1, 0.15) is 24.1 Å². The number of nitrogens with zero attached hydrogens (tertiary/aromatic N) is 4. The lowest BCUT2D eigenvalue weighted by molar-refractivity contribution is 0.115. The van der Waals surface area contributed by atoms with Gasteiger partial charge >= 0.3 is 6.01 Å². The van der Waals surface area contributed by atoms with E-state index in [2.05, 4.69) is 27.4 Å². The van der Waals surface area contributed by atoms with Crippen molar-refractivity contribution >= 4 is 11.7 Å². The summed E-state index contributed by atoms with van der Waals surface area (Å²) in [5.41, 5.74) is 3.12. The van der Waals surface area contributed by atoms with E-state index >= 15 is 0 Å². The fraction of sp³-hybridized carbons (Fsp3) is 0.357. The normalized spacial score (nSPS) is 11.1. The van der Waals surface area contributed by atoms with Crippen LogP contribution in [0, 0.1) is 6.92 Å². The molecule has 0 fully saturated rings. The van der Waals surface area contributed by atoms with E-state index in [1.165, 1.54) is 5.56 Å². The smallest absolute Gasteiger partial charge is 0.315 e. The van der Waals surface area contributed by atoms with Crippen molar-refractivity contribution < 1.29 is 9.15 Å². The molecule has 0 amide bonds. The Morgan fingerprint density at radius 2 is 2.24 bits per heavy atom. The van der Waals surface area contributed by atoms with Crippen LogP contribution in [0.4, 0.5) is 6.01 Å². The molecule has 0 atom stereocenters. The third-order valence-electron chi connectivity index (χ3n) is 3.05. The van der Waals surface area contributed by atoms with Crippen LogP contribution < -0.4 is 5.32 Å². The van der Waals surface area contributed by atoms with Gasteiger partial charge in [-0.15, -0.1) is 5.10 Å². The lowest BCUT2D eigenvalue weighted by atomic mass is 10.3. The summed E-state index contributed by atoms with van der Waals surface area (Å²) in [7, 11) is 0. The number of anilines is 1. The third kappa shape index (κ3) is 3.03. The first-order valence-electron chi connectivity index (χ1n) is 6.83. The molecular formula is C14H17N5O2. The first-order valence-corrected chi connectivity index (χ1v) is 6.83. The molecule has 3 rings (SSSR count). The Morgan fingerprint density at radius 1 is 1.33 bits per heavy atom. The number of imidazole rings is 1. The molecule has 0 aliphatic carbocycles. The van der Waals surface area contributed by atoms with Gasteiger partial charge in [0.25, 0.3) is 0 Å². The van der Waals surface area contributed by atoms with Crippen molar-refractivity contribution in [1.29, 1.82) is 0 Å². The van der Waals surface area contributed by atoms with Gasteiger partial charge in [-0.3, -0.25) is 0 Å². The first-order chi connectivity index (χ1) is 10.3. The van der Waals surface area contributed by atoms with Gasteiger partial charge in [0.2, 0.25) is 5.89 Å². The monoisotopic (exact) mass is 287 g/mol. The number of aryl methyl sites for hydroxylation is 1. The van der Waals surface area contributed by atoms with E-state index in [4.69, 9.17) is 9.15 Å².